The van der Waals surface area contributed by atoms with Crippen LogP contribution < -0.4 is 10.8 Å². The van der Waals surface area contributed by atoms with Crippen LogP contribution in [0.25, 0.3) is 0 Å². The van der Waals surface area contributed by atoms with Gasteiger partial charge in [-0.1, -0.05) is 6.07 Å². The molecule has 1 heterocycles. The van der Waals surface area contributed by atoms with E-state index in [9.17, 15) is 5.02 Å². The van der Waals surface area contributed by atoms with Crippen LogP contribution in [0, 0.1) is 0 Å². The van der Waals surface area contributed by atoms with Crippen LogP contribution in [0.4, 0.5) is 5.69 Å². The monoisotopic (exact) mass is 163 g/mol. The van der Waals surface area contributed by atoms with Gasteiger partial charge in [0.25, 0.3) is 0 Å². The summed E-state index contributed by atoms with van der Waals surface area (Å²) in [5.41, 5.74) is 3.00. The molecule has 1 aliphatic rings. The van der Waals surface area contributed by atoms with Crippen molar-refractivity contribution >= 4 is 18.3 Å². The van der Waals surface area contributed by atoms with Crippen LogP contribution in [0.2, 0.25) is 0 Å². The molecule has 0 radical (unpaired) electrons. The smallest absolute Gasteiger partial charge is 0.423 e. The Morgan fingerprint density at radius 3 is 3.17 bits per heavy atom. The molecule has 0 spiro atoms. The van der Waals surface area contributed by atoms with Gasteiger partial charge in [-0.05, 0) is 23.2 Å². The van der Waals surface area contributed by atoms with E-state index < -0.39 is 7.12 Å². The molecule has 1 aromatic rings. The van der Waals surface area contributed by atoms with Crippen molar-refractivity contribution < 1.29 is 9.68 Å². The second kappa shape index (κ2) is 2.81. The minimum absolute atomic E-state index is 0.506. The van der Waals surface area contributed by atoms with Crippen molar-refractivity contribution in [3.05, 3.63) is 23.8 Å². The van der Waals surface area contributed by atoms with E-state index in [0.29, 0.717) is 6.61 Å². The molecule has 0 saturated heterocycles. The summed E-state index contributed by atoms with van der Waals surface area (Å²) in [6, 6.07) is 5.81. The number of hydrogen-bond acceptors (Lipinski definition) is 3. The number of hydrogen-bond donors (Lipinski definition) is 2. The summed E-state index contributed by atoms with van der Waals surface area (Å²) in [7, 11) is 1.14. The first-order valence-electron chi connectivity index (χ1n) is 3.91. The van der Waals surface area contributed by atoms with Gasteiger partial charge in [-0.25, -0.2) is 0 Å². The van der Waals surface area contributed by atoms with Crippen molar-refractivity contribution in [1.29, 1.82) is 0 Å². The van der Waals surface area contributed by atoms with Gasteiger partial charge in [0.15, 0.2) is 0 Å². The Hall–Kier alpha value is -0.995. The third kappa shape index (κ3) is 1.09. The maximum absolute atomic E-state index is 9.30. The average molecular weight is 163 g/mol. The fourth-order valence-electron chi connectivity index (χ4n) is 1.39. The standard InChI is InChI=1S/C8H10BNO2/c1-10-7-2-3-8-6(4-7)5-12-9(8)11/h2-4,10-11H,5H2,1H3. The number of rotatable bonds is 1. The maximum atomic E-state index is 9.30. The second-order valence-corrected chi connectivity index (χ2v) is 2.83. The van der Waals surface area contributed by atoms with Gasteiger partial charge >= 0.3 is 7.12 Å². The highest BCUT2D eigenvalue weighted by Crippen LogP contribution is 2.14. The number of anilines is 1. The van der Waals surface area contributed by atoms with Crippen molar-refractivity contribution in [2.45, 2.75) is 6.61 Å². The van der Waals surface area contributed by atoms with E-state index in [0.717, 1.165) is 16.7 Å². The van der Waals surface area contributed by atoms with Crippen LogP contribution in [0.15, 0.2) is 18.2 Å². The summed E-state index contributed by atoms with van der Waals surface area (Å²) in [6.07, 6.45) is 0. The zero-order valence-electron chi connectivity index (χ0n) is 6.87. The molecule has 1 aliphatic heterocycles. The summed E-state index contributed by atoms with van der Waals surface area (Å²) < 4.78 is 5.05. The van der Waals surface area contributed by atoms with Crippen LogP contribution in [0.1, 0.15) is 5.56 Å². The summed E-state index contributed by atoms with van der Waals surface area (Å²) in [6.45, 7) is 0.506. The Balaban J connectivity index is 2.41. The molecule has 0 aliphatic carbocycles. The van der Waals surface area contributed by atoms with E-state index in [1.165, 1.54) is 0 Å². The predicted octanol–water partition coefficient (Wildman–Crippen LogP) is -0.0540. The van der Waals surface area contributed by atoms with E-state index in [4.69, 9.17) is 4.65 Å². The molecule has 0 aromatic heterocycles. The molecule has 1 aromatic carbocycles. The van der Waals surface area contributed by atoms with Gasteiger partial charge in [0.05, 0.1) is 6.61 Å². The number of benzene rings is 1. The highest BCUT2D eigenvalue weighted by atomic mass is 16.5. The quantitative estimate of drug-likeness (QED) is 0.570. The summed E-state index contributed by atoms with van der Waals surface area (Å²) in [5.74, 6) is 0. The fourth-order valence-corrected chi connectivity index (χ4v) is 1.39. The molecule has 0 unspecified atom stereocenters. The lowest BCUT2D eigenvalue weighted by Crippen LogP contribution is -2.27. The van der Waals surface area contributed by atoms with Crippen molar-refractivity contribution in [1.82, 2.24) is 0 Å². The molecule has 0 fully saturated rings. The number of nitrogens with one attached hydrogen (secondary N) is 1. The molecule has 2 N–H and O–H groups in total. The molecular formula is C8H10BNO2. The zero-order chi connectivity index (χ0) is 8.55. The number of fused-ring (bicyclic) bond motifs is 1. The molecule has 0 saturated carbocycles. The maximum Gasteiger partial charge on any atom is 0.491 e. The van der Waals surface area contributed by atoms with Crippen molar-refractivity contribution in [3.8, 4) is 0 Å². The van der Waals surface area contributed by atoms with Gasteiger partial charge in [-0.3, -0.25) is 0 Å². The van der Waals surface area contributed by atoms with Crippen molar-refractivity contribution in [2.75, 3.05) is 12.4 Å². The first-order valence-corrected chi connectivity index (χ1v) is 3.91. The Labute approximate surface area is 71.5 Å². The first-order chi connectivity index (χ1) is 5.81. The minimum Gasteiger partial charge on any atom is -0.423 e. The largest absolute Gasteiger partial charge is 0.491 e. The van der Waals surface area contributed by atoms with Crippen molar-refractivity contribution in [3.63, 3.8) is 0 Å². The van der Waals surface area contributed by atoms with E-state index in [1.807, 2.05) is 25.2 Å². The van der Waals surface area contributed by atoms with Crippen molar-refractivity contribution in [2.24, 2.45) is 0 Å². The average Bonchev–Trinajstić information content (AvgIpc) is 2.47. The van der Waals surface area contributed by atoms with E-state index >= 15 is 0 Å². The predicted molar refractivity (Wildman–Crippen MR) is 48.4 cm³/mol. The van der Waals surface area contributed by atoms with Crippen LogP contribution in [0.3, 0.4) is 0 Å². The van der Waals surface area contributed by atoms with Crippen LogP contribution in [-0.2, 0) is 11.3 Å². The Morgan fingerprint density at radius 1 is 1.58 bits per heavy atom. The molecule has 4 heteroatoms. The van der Waals surface area contributed by atoms with Gasteiger partial charge in [0.2, 0.25) is 0 Å². The fraction of sp³-hybridized carbons (Fsp3) is 0.250. The summed E-state index contributed by atoms with van der Waals surface area (Å²) >= 11 is 0. The van der Waals surface area contributed by atoms with E-state index in [2.05, 4.69) is 5.32 Å². The highest BCUT2D eigenvalue weighted by molar-refractivity contribution is 6.61. The Morgan fingerprint density at radius 2 is 2.42 bits per heavy atom. The Kier molecular flexibility index (Phi) is 1.79. The van der Waals surface area contributed by atoms with E-state index in [-0.39, 0.29) is 0 Å². The van der Waals surface area contributed by atoms with Gasteiger partial charge in [-0.2, -0.15) is 0 Å². The van der Waals surface area contributed by atoms with Gasteiger partial charge in [0, 0.05) is 12.7 Å². The van der Waals surface area contributed by atoms with Gasteiger partial charge in [-0.15, -0.1) is 0 Å². The first kappa shape index (κ1) is 7.64. The third-order valence-corrected chi connectivity index (χ3v) is 2.09. The summed E-state index contributed by atoms with van der Waals surface area (Å²) in [4.78, 5) is 0. The lowest BCUT2D eigenvalue weighted by molar-refractivity contribution is 0.275. The SMILES string of the molecule is CNc1ccc2c(c1)COB2O. The van der Waals surface area contributed by atoms with Gasteiger partial charge in [0.1, 0.15) is 0 Å². The van der Waals surface area contributed by atoms with Crippen LogP contribution >= 0.6 is 0 Å². The zero-order valence-corrected chi connectivity index (χ0v) is 6.87. The third-order valence-electron chi connectivity index (χ3n) is 2.09. The topological polar surface area (TPSA) is 41.5 Å². The molecular weight excluding hydrogens is 153 g/mol. The van der Waals surface area contributed by atoms with E-state index in [1.54, 1.807) is 0 Å². The molecule has 0 amide bonds. The van der Waals surface area contributed by atoms with Crippen LogP contribution in [0.5, 0.6) is 0 Å². The molecule has 3 nitrogen and oxygen atoms in total. The lowest BCUT2D eigenvalue weighted by atomic mass is 9.79. The highest BCUT2D eigenvalue weighted by Gasteiger charge is 2.26. The lowest BCUT2D eigenvalue weighted by Gasteiger charge is -2.02. The minimum atomic E-state index is -0.731. The Bertz CT molecular complexity index is 303. The molecule has 0 bridgehead atoms. The summed E-state index contributed by atoms with van der Waals surface area (Å²) in [5, 5.41) is 12.3. The second-order valence-electron chi connectivity index (χ2n) is 2.83. The molecule has 0 atom stereocenters. The molecule has 62 valence electrons. The normalized spacial score (nSPS) is 14.7. The molecule has 2 rings (SSSR count). The molecule has 12 heavy (non-hydrogen) atoms. The van der Waals surface area contributed by atoms with Crippen LogP contribution in [-0.4, -0.2) is 19.2 Å². The van der Waals surface area contributed by atoms with Gasteiger partial charge < -0.3 is 15.0 Å².